The van der Waals surface area contributed by atoms with E-state index in [2.05, 4.69) is 64.4 Å². The number of ketones is 1. The SMILES string of the molecule is CN(C)Cc1cc2c(o1)CCN(CC(=O)Cc1cccc(CCc3ccccc3)c1)C2. The van der Waals surface area contributed by atoms with Gasteiger partial charge >= 0.3 is 0 Å². The third-order valence-corrected chi connectivity index (χ3v) is 5.81. The largest absolute Gasteiger partial charge is 0.464 e. The summed E-state index contributed by atoms with van der Waals surface area (Å²) in [6.45, 7) is 2.99. The molecule has 0 saturated carbocycles. The molecule has 0 bridgehead atoms. The molecule has 2 aromatic carbocycles. The lowest BCUT2D eigenvalue weighted by Crippen LogP contribution is -2.34. The molecule has 0 N–H and O–H groups in total. The van der Waals surface area contributed by atoms with E-state index >= 15 is 0 Å². The molecule has 0 spiro atoms. The van der Waals surface area contributed by atoms with Gasteiger partial charge < -0.3 is 9.32 Å². The van der Waals surface area contributed by atoms with Gasteiger partial charge in [0, 0.05) is 31.5 Å². The minimum Gasteiger partial charge on any atom is -0.464 e. The minimum atomic E-state index is 0.278. The fourth-order valence-corrected chi connectivity index (χ4v) is 4.34. The highest BCUT2D eigenvalue weighted by atomic mass is 16.3. The molecule has 1 aliphatic heterocycles. The molecule has 4 rings (SSSR count). The van der Waals surface area contributed by atoms with Crippen LogP contribution in [0.2, 0.25) is 0 Å². The Bertz CT molecular complexity index is 1010. The van der Waals surface area contributed by atoms with Crippen molar-refractivity contribution in [1.29, 1.82) is 0 Å². The van der Waals surface area contributed by atoms with Crippen molar-refractivity contribution in [3.8, 4) is 0 Å². The lowest BCUT2D eigenvalue weighted by atomic mass is 10.0. The van der Waals surface area contributed by atoms with Crippen LogP contribution in [-0.4, -0.2) is 42.8 Å². The van der Waals surface area contributed by atoms with Crippen LogP contribution in [0.5, 0.6) is 0 Å². The van der Waals surface area contributed by atoms with Crippen molar-refractivity contribution in [3.63, 3.8) is 0 Å². The van der Waals surface area contributed by atoms with Crippen LogP contribution in [0.15, 0.2) is 65.1 Å². The molecule has 0 fully saturated rings. The molecule has 4 nitrogen and oxygen atoms in total. The van der Waals surface area contributed by atoms with Crippen molar-refractivity contribution < 1.29 is 9.21 Å². The van der Waals surface area contributed by atoms with Gasteiger partial charge in [0.15, 0.2) is 5.78 Å². The normalized spacial score (nSPS) is 14.0. The Morgan fingerprint density at radius 1 is 0.968 bits per heavy atom. The van der Waals surface area contributed by atoms with Gasteiger partial charge in [-0.2, -0.15) is 0 Å². The van der Waals surface area contributed by atoms with Crippen LogP contribution >= 0.6 is 0 Å². The molecule has 2 heterocycles. The number of aryl methyl sites for hydroxylation is 2. The summed E-state index contributed by atoms with van der Waals surface area (Å²) in [7, 11) is 4.09. The first-order chi connectivity index (χ1) is 15.0. The Labute approximate surface area is 185 Å². The van der Waals surface area contributed by atoms with Gasteiger partial charge in [0.25, 0.3) is 0 Å². The third kappa shape index (κ3) is 6.16. The summed E-state index contributed by atoms with van der Waals surface area (Å²) in [5.74, 6) is 2.38. The Morgan fingerprint density at radius 2 is 1.71 bits per heavy atom. The number of carbonyl (C=O) groups excluding carboxylic acids is 1. The van der Waals surface area contributed by atoms with E-state index in [4.69, 9.17) is 4.42 Å². The van der Waals surface area contributed by atoms with Crippen LogP contribution in [0.3, 0.4) is 0 Å². The van der Waals surface area contributed by atoms with E-state index in [-0.39, 0.29) is 5.78 Å². The van der Waals surface area contributed by atoms with E-state index in [0.717, 1.165) is 56.0 Å². The Hall–Kier alpha value is -2.69. The van der Waals surface area contributed by atoms with Crippen LogP contribution in [-0.2, 0) is 43.6 Å². The first-order valence-electron chi connectivity index (χ1n) is 11.2. The zero-order valence-electron chi connectivity index (χ0n) is 18.6. The van der Waals surface area contributed by atoms with Crippen molar-refractivity contribution >= 4 is 5.78 Å². The van der Waals surface area contributed by atoms with Crippen LogP contribution in [0.25, 0.3) is 0 Å². The van der Waals surface area contributed by atoms with E-state index in [1.807, 2.05) is 20.2 Å². The van der Waals surface area contributed by atoms with Crippen LogP contribution < -0.4 is 0 Å². The number of furan rings is 1. The molecule has 0 aliphatic carbocycles. The number of nitrogens with zero attached hydrogens (tertiary/aromatic N) is 2. The molecule has 1 aliphatic rings. The van der Waals surface area contributed by atoms with Gasteiger partial charge in [-0.1, -0.05) is 54.6 Å². The first-order valence-corrected chi connectivity index (χ1v) is 11.2. The summed E-state index contributed by atoms with van der Waals surface area (Å²) >= 11 is 0. The molecule has 0 amide bonds. The fraction of sp³-hybridized carbons (Fsp3) is 0.370. The number of fused-ring (bicyclic) bond motifs is 1. The zero-order valence-corrected chi connectivity index (χ0v) is 18.6. The topological polar surface area (TPSA) is 36.7 Å². The maximum atomic E-state index is 12.8. The smallest absolute Gasteiger partial charge is 0.151 e. The average Bonchev–Trinajstić information content (AvgIpc) is 3.14. The molecule has 1 aromatic heterocycles. The van der Waals surface area contributed by atoms with Gasteiger partial charge in [0.1, 0.15) is 11.5 Å². The monoisotopic (exact) mass is 416 g/mol. The predicted molar refractivity (Wildman–Crippen MR) is 124 cm³/mol. The summed E-state index contributed by atoms with van der Waals surface area (Å²) in [5, 5.41) is 0. The number of benzene rings is 2. The zero-order chi connectivity index (χ0) is 21.6. The number of Topliss-reactive ketones (excluding diaryl/α,β-unsaturated/α-hetero) is 1. The van der Waals surface area contributed by atoms with E-state index in [1.54, 1.807) is 0 Å². The van der Waals surface area contributed by atoms with Gasteiger partial charge in [-0.05, 0) is 49.7 Å². The molecule has 162 valence electrons. The second-order valence-corrected chi connectivity index (χ2v) is 8.88. The van der Waals surface area contributed by atoms with Gasteiger partial charge in [-0.25, -0.2) is 0 Å². The number of rotatable bonds is 9. The van der Waals surface area contributed by atoms with Crippen molar-refractivity contribution in [1.82, 2.24) is 9.80 Å². The minimum absolute atomic E-state index is 0.278. The van der Waals surface area contributed by atoms with Crippen molar-refractivity contribution in [2.45, 2.75) is 38.8 Å². The molecule has 0 radical (unpaired) electrons. The van der Waals surface area contributed by atoms with Gasteiger partial charge in [0.05, 0.1) is 13.1 Å². The predicted octanol–water partition coefficient (Wildman–Crippen LogP) is 4.30. The van der Waals surface area contributed by atoms with E-state index in [1.165, 1.54) is 16.7 Å². The lowest BCUT2D eigenvalue weighted by Gasteiger charge is -2.25. The van der Waals surface area contributed by atoms with Gasteiger partial charge in [-0.15, -0.1) is 0 Å². The Balaban J connectivity index is 1.29. The second kappa shape index (κ2) is 10.1. The highest BCUT2D eigenvalue weighted by molar-refractivity contribution is 5.82. The Morgan fingerprint density at radius 3 is 2.52 bits per heavy atom. The van der Waals surface area contributed by atoms with Crippen molar-refractivity contribution in [3.05, 3.63) is 94.4 Å². The quantitative estimate of drug-likeness (QED) is 0.521. The highest BCUT2D eigenvalue weighted by Gasteiger charge is 2.22. The van der Waals surface area contributed by atoms with E-state index < -0.39 is 0 Å². The molecule has 31 heavy (non-hydrogen) atoms. The third-order valence-electron chi connectivity index (χ3n) is 5.81. The summed E-state index contributed by atoms with van der Waals surface area (Å²) < 4.78 is 5.98. The van der Waals surface area contributed by atoms with E-state index in [0.29, 0.717) is 13.0 Å². The van der Waals surface area contributed by atoms with Gasteiger partial charge in [-0.3, -0.25) is 9.69 Å². The van der Waals surface area contributed by atoms with E-state index in [9.17, 15) is 4.79 Å². The standard InChI is InChI=1S/C27H32N2O2/c1-28(2)20-26-17-24-18-29(14-13-27(24)31-26)19-25(30)16-23-10-6-9-22(15-23)12-11-21-7-4-3-5-8-21/h3-10,15,17H,11-14,16,18-20H2,1-2H3. The maximum absolute atomic E-state index is 12.8. The second-order valence-electron chi connectivity index (χ2n) is 8.88. The summed E-state index contributed by atoms with van der Waals surface area (Å²) in [6, 6.07) is 21.2. The maximum Gasteiger partial charge on any atom is 0.151 e. The summed E-state index contributed by atoms with van der Waals surface area (Å²) in [5.41, 5.74) is 4.99. The summed E-state index contributed by atoms with van der Waals surface area (Å²) in [6.07, 6.45) is 3.40. The fourth-order valence-electron chi connectivity index (χ4n) is 4.34. The van der Waals surface area contributed by atoms with Crippen LogP contribution in [0.1, 0.15) is 33.8 Å². The number of hydrogen-bond acceptors (Lipinski definition) is 4. The Kier molecular flexibility index (Phi) is 7.00. The van der Waals surface area contributed by atoms with Crippen LogP contribution in [0.4, 0.5) is 0 Å². The molecular weight excluding hydrogens is 384 g/mol. The average molecular weight is 417 g/mol. The molecular formula is C27H32N2O2. The molecule has 0 saturated heterocycles. The molecule has 3 aromatic rings. The van der Waals surface area contributed by atoms with Crippen molar-refractivity contribution in [2.75, 3.05) is 27.2 Å². The molecule has 0 unspecified atom stereocenters. The number of carbonyl (C=O) groups is 1. The van der Waals surface area contributed by atoms with Gasteiger partial charge in [0.2, 0.25) is 0 Å². The van der Waals surface area contributed by atoms with Crippen LogP contribution in [0, 0.1) is 0 Å². The molecule has 0 atom stereocenters. The summed E-state index contributed by atoms with van der Waals surface area (Å²) in [4.78, 5) is 17.1. The lowest BCUT2D eigenvalue weighted by molar-refractivity contribution is -0.119. The first kappa shape index (κ1) is 21.5. The molecule has 4 heteroatoms. The number of hydrogen-bond donors (Lipinski definition) is 0. The highest BCUT2D eigenvalue weighted by Crippen LogP contribution is 2.23. The van der Waals surface area contributed by atoms with Crippen molar-refractivity contribution in [2.24, 2.45) is 0 Å².